The summed E-state index contributed by atoms with van der Waals surface area (Å²) in [6.45, 7) is 6.54. The number of hydrogen-bond donors (Lipinski definition) is 0. The lowest BCUT2D eigenvalue weighted by Gasteiger charge is -2.23. The quantitative estimate of drug-likeness (QED) is 0.791. The third-order valence-corrected chi connectivity index (χ3v) is 2.92. The van der Waals surface area contributed by atoms with Crippen molar-refractivity contribution >= 4 is 11.6 Å². The first-order chi connectivity index (χ1) is 7.65. The van der Waals surface area contributed by atoms with Crippen LogP contribution in [0.1, 0.15) is 32.4 Å². The number of rotatable bonds is 5. The summed E-state index contributed by atoms with van der Waals surface area (Å²) in [5.41, 5.74) is 1.01. The molecular weight excluding hydrogens is 222 g/mol. The predicted octanol–water partition coefficient (Wildman–Crippen LogP) is 2.75. The van der Waals surface area contributed by atoms with Crippen LogP contribution in [-0.2, 0) is 6.54 Å². The molecule has 1 aliphatic carbocycles. The largest absolute Gasteiger partial charge is 0.294 e. The summed E-state index contributed by atoms with van der Waals surface area (Å²) < 4.78 is 0. The van der Waals surface area contributed by atoms with Gasteiger partial charge in [0.05, 0.1) is 5.69 Å². The Hall–Kier alpha value is -0.670. The van der Waals surface area contributed by atoms with Crippen LogP contribution < -0.4 is 0 Å². The molecule has 0 N–H and O–H groups in total. The van der Waals surface area contributed by atoms with Crippen molar-refractivity contribution in [2.24, 2.45) is 5.92 Å². The fourth-order valence-electron chi connectivity index (χ4n) is 1.89. The highest BCUT2D eigenvalue weighted by molar-refractivity contribution is 6.29. The SMILES string of the molecule is CC(C)CN(Cc1ccc(Cl)nn1)C1CC1. The van der Waals surface area contributed by atoms with E-state index in [2.05, 4.69) is 28.9 Å². The lowest BCUT2D eigenvalue weighted by molar-refractivity contribution is 0.223. The van der Waals surface area contributed by atoms with Gasteiger partial charge in [0.2, 0.25) is 0 Å². The van der Waals surface area contributed by atoms with Gasteiger partial charge in [-0.1, -0.05) is 25.4 Å². The Morgan fingerprint density at radius 2 is 2.12 bits per heavy atom. The first-order valence-corrected chi connectivity index (χ1v) is 6.25. The summed E-state index contributed by atoms with van der Waals surface area (Å²) in [5, 5.41) is 8.46. The van der Waals surface area contributed by atoms with Crippen LogP contribution in [0.25, 0.3) is 0 Å². The average molecular weight is 240 g/mol. The monoisotopic (exact) mass is 239 g/mol. The Bertz CT molecular complexity index is 333. The van der Waals surface area contributed by atoms with E-state index in [1.165, 1.54) is 12.8 Å². The molecule has 1 aromatic rings. The van der Waals surface area contributed by atoms with Crippen LogP contribution in [-0.4, -0.2) is 27.7 Å². The third kappa shape index (κ3) is 3.42. The standard InChI is InChI=1S/C12H18ClN3/c1-9(2)7-16(11-4-5-11)8-10-3-6-12(13)15-14-10/h3,6,9,11H,4-5,7-8H2,1-2H3. The van der Waals surface area contributed by atoms with E-state index in [1.54, 1.807) is 0 Å². The lowest BCUT2D eigenvalue weighted by atomic mass is 10.2. The summed E-state index contributed by atoms with van der Waals surface area (Å²) in [6.07, 6.45) is 2.65. The van der Waals surface area contributed by atoms with Gasteiger partial charge in [0.25, 0.3) is 0 Å². The maximum atomic E-state index is 5.72. The first-order valence-electron chi connectivity index (χ1n) is 5.87. The molecule has 1 heterocycles. The zero-order valence-corrected chi connectivity index (χ0v) is 10.6. The van der Waals surface area contributed by atoms with E-state index in [-0.39, 0.29) is 0 Å². The van der Waals surface area contributed by atoms with E-state index in [4.69, 9.17) is 11.6 Å². The molecule has 0 amide bonds. The fraction of sp³-hybridized carbons (Fsp3) is 0.667. The van der Waals surface area contributed by atoms with Crippen LogP contribution in [0.5, 0.6) is 0 Å². The van der Waals surface area contributed by atoms with Crippen molar-refractivity contribution in [1.82, 2.24) is 15.1 Å². The van der Waals surface area contributed by atoms with Crippen molar-refractivity contribution in [2.45, 2.75) is 39.3 Å². The van der Waals surface area contributed by atoms with Gasteiger partial charge in [0, 0.05) is 19.1 Å². The molecule has 1 saturated carbocycles. The molecule has 88 valence electrons. The fourth-order valence-corrected chi connectivity index (χ4v) is 1.99. The summed E-state index contributed by atoms with van der Waals surface area (Å²) >= 11 is 5.72. The Kier molecular flexibility index (Phi) is 3.77. The van der Waals surface area contributed by atoms with Gasteiger partial charge in [-0.15, -0.1) is 5.10 Å². The summed E-state index contributed by atoms with van der Waals surface area (Å²) in [6, 6.07) is 4.54. The Balaban J connectivity index is 1.96. The van der Waals surface area contributed by atoms with Crippen molar-refractivity contribution in [1.29, 1.82) is 0 Å². The maximum Gasteiger partial charge on any atom is 0.151 e. The molecule has 0 atom stereocenters. The molecule has 4 heteroatoms. The minimum absolute atomic E-state index is 0.464. The van der Waals surface area contributed by atoms with Crippen molar-refractivity contribution in [3.8, 4) is 0 Å². The number of aromatic nitrogens is 2. The Labute approximate surface area is 102 Å². The van der Waals surface area contributed by atoms with Crippen molar-refractivity contribution in [2.75, 3.05) is 6.54 Å². The molecule has 0 spiro atoms. The smallest absolute Gasteiger partial charge is 0.151 e. The topological polar surface area (TPSA) is 29.0 Å². The van der Waals surface area contributed by atoms with E-state index in [9.17, 15) is 0 Å². The second kappa shape index (κ2) is 5.11. The molecule has 3 nitrogen and oxygen atoms in total. The molecule has 0 aliphatic heterocycles. The van der Waals surface area contributed by atoms with Crippen LogP contribution in [0.3, 0.4) is 0 Å². The van der Waals surface area contributed by atoms with E-state index < -0.39 is 0 Å². The molecule has 0 bridgehead atoms. The zero-order chi connectivity index (χ0) is 11.5. The molecule has 0 radical (unpaired) electrons. The summed E-state index contributed by atoms with van der Waals surface area (Å²) in [7, 11) is 0. The van der Waals surface area contributed by atoms with E-state index in [0.717, 1.165) is 24.8 Å². The van der Waals surface area contributed by atoms with Crippen LogP contribution in [0.2, 0.25) is 5.15 Å². The molecule has 2 rings (SSSR count). The predicted molar refractivity (Wildman–Crippen MR) is 65.3 cm³/mol. The highest BCUT2D eigenvalue weighted by Crippen LogP contribution is 2.28. The van der Waals surface area contributed by atoms with Gasteiger partial charge in [-0.3, -0.25) is 4.90 Å². The minimum atomic E-state index is 0.464. The van der Waals surface area contributed by atoms with Gasteiger partial charge < -0.3 is 0 Å². The molecule has 0 aromatic carbocycles. The van der Waals surface area contributed by atoms with E-state index in [1.807, 2.05) is 12.1 Å². The molecule has 16 heavy (non-hydrogen) atoms. The van der Waals surface area contributed by atoms with E-state index >= 15 is 0 Å². The molecule has 1 aromatic heterocycles. The third-order valence-electron chi connectivity index (χ3n) is 2.72. The van der Waals surface area contributed by atoms with E-state index in [0.29, 0.717) is 11.1 Å². The number of hydrogen-bond acceptors (Lipinski definition) is 3. The van der Waals surface area contributed by atoms with Crippen LogP contribution in [0.15, 0.2) is 12.1 Å². The zero-order valence-electron chi connectivity index (χ0n) is 9.86. The van der Waals surface area contributed by atoms with Gasteiger partial charge in [-0.2, -0.15) is 5.10 Å². The Morgan fingerprint density at radius 1 is 1.38 bits per heavy atom. The van der Waals surface area contributed by atoms with Gasteiger partial charge in [-0.05, 0) is 30.9 Å². The highest BCUT2D eigenvalue weighted by atomic mass is 35.5. The lowest BCUT2D eigenvalue weighted by Crippen LogP contribution is -2.29. The van der Waals surface area contributed by atoms with Crippen LogP contribution in [0, 0.1) is 5.92 Å². The van der Waals surface area contributed by atoms with Gasteiger partial charge in [0.1, 0.15) is 0 Å². The van der Waals surface area contributed by atoms with Gasteiger partial charge in [-0.25, -0.2) is 0 Å². The second-order valence-corrected chi connectivity index (χ2v) is 5.29. The molecule has 0 unspecified atom stereocenters. The molecule has 1 aliphatic rings. The normalized spacial score (nSPS) is 16.1. The van der Waals surface area contributed by atoms with Gasteiger partial charge in [0.15, 0.2) is 5.15 Å². The number of halogens is 1. The highest BCUT2D eigenvalue weighted by Gasteiger charge is 2.29. The minimum Gasteiger partial charge on any atom is -0.294 e. The molecule has 0 saturated heterocycles. The second-order valence-electron chi connectivity index (χ2n) is 4.90. The van der Waals surface area contributed by atoms with Crippen molar-refractivity contribution in [3.05, 3.63) is 23.0 Å². The summed E-state index contributed by atoms with van der Waals surface area (Å²) in [4.78, 5) is 2.50. The van der Waals surface area contributed by atoms with Gasteiger partial charge >= 0.3 is 0 Å². The maximum absolute atomic E-state index is 5.72. The number of nitrogens with zero attached hydrogens (tertiary/aromatic N) is 3. The average Bonchev–Trinajstić information content (AvgIpc) is 3.03. The first kappa shape index (κ1) is 11.8. The molecular formula is C12H18ClN3. The van der Waals surface area contributed by atoms with Crippen molar-refractivity contribution in [3.63, 3.8) is 0 Å². The Morgan fingerprint density at radius 3 is 2.62 bits per heavy atom. The van der Waals surface area contributed by atoms with Crippen LogP contribution in [0.4, 0.5) is 0 Å². The van der Waals surface area contributed by atoms with Crippen LogP contribution >= 0.6 is 11.6 Å². The molecule has 1 fully saturated rings. The van der Waals surface area contributed by atoms with Crippen molar-refractivity contribution < 1.29 is 0 Å². The summed E-state index contributed by atoms with van der Waals surface area (Å²) in [5.74, 6) is 0.695.